The molecule has 2 aliphatic rings. The summed E-state index contributed by atoms with van der Waals surface area (Å²) in [5, 5.41) is 0. The highest BCUT2D eigenvalue weighted by molar-refractivity contribution is 5.86. The van der Waals surface area contributed by atoms with E-state index in [2.05, 4.69) is 206 Å². The van der Waals surface area contributed by atoms with Gasteiger partial charge in [0.1, 0.15) is 6.17 Å². The number of hydrogen-bond donors (Lipinski definition) is 0. The quantitative estimate of drug-likeness (QED) is 0.162. The monoisotopic (exact) mass is 673 g/mol. The molecule has 0 amide bonds. The zero-order valence-corrected chi connectivity index (χ0v) is 32.3. The van der Waals surface area contributed by atoms with Crippen molar-refractivity contribution in [2.24, 2.45) is 0 Å². The van der Waals surface area contributed by atoms with Crippen molar-refractivity contribution in [1.82, 2.24) is 0 Å². The Kier molecular flexibility index (Phi) is 9.12. The molecule has 0 atom stereocenters. The maximum Gasteiger partial charge on any atom is 0.136 e. The minimum Gasteiger partial charge on any atom is -0.321 e. The van der Waals surface area contributed by atoms with E-state index in [4.69, 9.17) is 0 Å². The molecule has 2 heterocycles. The van der Waals surface area contributed by atoms with Crippen LogP contribution in [0.3, 0.4) is 0 Å². The summed E-state index contributed by atoms with van der Waals surface area (Å²) >= 11 is 0. The van der Waals surface area contributed by atoms with E-state index in [0.29, 0.717) is 23.7 Å². The summed E-state index contributed by atoms with van der Waals surface area (Å²) in [5.74, 6) is 1.56. The van der Waals surface area contributed by atoms with Crippen LogP contribution in [-0.4, -0.2) is 0 Å². The van der Waals surface area contributed by atoms with Crippen molar-refractivity contribution in [3.63, 3.8) is 0 Å². The minimum absolute atomic E-state index is 0.0475. The lowest BCUT2D eigenvalue weighted by molar-refractivity contribution is 0.632. The second-order valence-electron chi connectivity index (χ2n) is 16.3. The molecule has 7 rings (SSSR count). The topological polar surface area (TPSA) is 9.72 Å². The molecule has 3 nitrogen and oxygen atoms in total. The number of benzene rings is 5. The Morgan fingerprint density at radius 3 is 1.20 bits per heavy atom. The van der Waals surface area contributed by atoms with Gasteiger partial charge in [-0.3, -0.25) is 0 Å². The molecule has 0 radical (unpaired) electrons. The highest BCUT2D eigenvalue weighted by Gasteiger charge is 2.38. The SMILES string of the molecule is CC(C)c1cccc(C(C)C)c1N1C=CN(c2c(C(C)C)cccc2C(C)C)C1c1ccc(N2c3ccccc3C(C)(C)c3ccccc32)cc1. The fourth-order valence-electron chi connectivity index (χ4n) is 8.52. The van der Waals surface area contributed by atoms with E-state index >= 15 is 0 Å². The van der Waals surface area contributed by atoms with E-state index in [-0.39, 0.29) is 11.6 Å². The van der Waals surface area contributed by atoms with Gasteiger partial charge in [0.15, 0.2) is 0 Å². The van der Waals surface area contributed by atoms with Gasteiger partial charge in [-0.25, -0.2) is 0 Å². The van der Waals surface area contributed by atoms with Crippen LogP contribution in [0.15, 0.2) is 122 Å². The lowest BCUT2D eigenvalue weighted by atomic mass is 9.73. The summed E-state index contributed by atoms with van der Waals surface area (Å²) in [5.41, 5.74) is 15.8. The van der Waals surface area contributed by atoms with Crippen LogP contribution in [0.1, 0.15) is 138 Å². The van der Waals surface area contributed by atoms with Gasteiger partial charge in [0, 0.05) is 34.9 Å². The third kappa shape index (κ3) is 5.85. The first kappa shape index (κ1) is 34.7. The molecule has 51 heavy (non-hydrogen) atoms. The number of fused-ring (bicyclic) bond motifs is 2. The van der Waals surface area contributed by atoms with Crippen LogP contribution in [0.2, 0.25) is 0 Å². The van der Waals surface area contributed by atoms with E-state index < -0.39 is 0 Å². The van der Waals surface area contributed by atoms with Crippen molar-refractivity contribution in [1.29, 1.82) is 0 Å². The summed E-state index contributed by atoms with van der Waals surface area (Å²) < 4.78 is 0. The second-order valence-corrected chi connectivity index (χ2v) is 16.3. The van der Waals surface area contributed by atoms with Gasteiger partial charge in [0.25, 0.3) is 0 Å². The molecule has 3 heteroatoms. The smallest absolute Gasteiger partial charge is 0.136 e. The highest BCUT2D eigenvalue weighted by atomic mass is 15.4. The Hall–Kier alpha value is -4.76. The standard InChI is InChI=1S/C48H55N3/c1-31(2)37-17-15-18-38(32(3)4)45(37)49-29-30-50(46-39(33(5)6)19-16-20-40(46)34(7)8)47(49)35-25-27-36(28-26-35)51-43-23-13-11-21-41(43)48(9,10)42-22-12-14-24-44(42)51/h11-34,47H,1-10H3. The van der Waals surface area contributed by atoms with E-state index in [1.807, 2.05) is 0 Å². The van der Waals surface area contributed by atoms with Gasteiger partial charge in [-0.2, -0.15) is 0 Å². The molecule has 0 aromatic heterocycles. The Morgan fingerprint density at radius 1 is 0.451 bits per heavy atom. The highest BCUT2D eigenvalue weighted by Crippen LogP contribution is 2.52. The van der Waals surface area contributed by atoms with E-state index in [0.717, 1.165) is 0 Å². The average molecular weight is 674 g/mol. The van der Waals surface area contributed by atoms with Gasteiger partial charge in [0.2, 0.25) is 0 Å². The molecule has 0 bridgehead atoms. The second kappa shape index (κ2) is 13.4. The largest absolute Gasteiger partial charge is 0.321 e. The van der Waals surface area contributed by atoms with Crippen molar-refractivity contribution in [2.75, 3.05) is 14.7 Å². The lowest BCUT2D eigenvalue weighted by Gasteiger charge is -2.42. The van der Waals surface area contributed by atoms with E-state index in [1.165, 1.54) is 67.4 Å². The number of anilines is 5. The summed E-state index contributed by atoms with van der Waals surface area (Å²) in [6, 6.07) is 41.1. The first-order valence-corrected chi connectivity index (χ1v) is 19.0. The van der Waals surface area contributed by atoms with Crippen molar-refractivity contribution in [2.45, 2.75) is 104 Å². The van der Waals surface area contributed by atoms with Gasteiger partial charge in [-0.1, -0.05) is 154 Å². The first-order valence-electron chi connectivity index (χ1n) is 19.0. The van der Waals surface area contributed by atoms with Crippen molar-refractivity contribution in [3.8, 4) is 0 Å². The molecular formula is C48H55N3. The van der Waals surface area contributed by atoms with Crippen molar-refractivity contribution >= 4 is 28.4 Å². The first-order chi connectivity index (χ1) is 24.4. The zero-order valence-electron chi connectivity index (χ0n) is 32.3. The number of nitrogens with zero attached hydrogens (tertiary/aromatic N) is 3. The molecule has 5 aromatic rings. The number of rotatable bonds is 8. The Balaban J connectivity index is 1.42. The minimum atomic E-state index is -0.0873. The van der Waals surface area contributed by atoms with Crippen LogP contribution in [0, 0.1) is 0 Å². The summed E-state index contributed by atoms with van der Waals surface area (Å²) in [4.78, 5) is 7.59. The van der Waals surface area contributed by atoms with Gasteiger partial charge in [0.05, 0.1) is 11.4 Å². The van der Waals surface area contributed by atoms with Crippen LogP contribution in [-0.2, 0) is 5.41 Å². The van der Waals surface area contributed by atoms with Crippen LogP contribution >= 0.6 is 0 Å². The summed E-state index contributed by atoms with van der Waals surface area (Å²) in [6.45, 7) is 23.3. The normalized spacial score (nSPS) is 15.5. The average Bonchev–Trinajstić information content (AvgIpc) is 3.56. The van der Waals surface area contributed by atoms with Crippen LogP contribution < -0.4 is 14.7 Å². The number of hydrogen-bond acceptors (Lipinski definition) is 3. The molecule has 0 spiro atoms. The summed E-state index contributed by atoms with van der Waals surface area (Å²) in [7, 11) is 0. The zero-order chi connectivity index (χ0) is 36.2. The van der Waals surface area contributed by atoms with Crippen LogP contribution in [0.5, 0.6) is 0 Å². The predicted molar refractivity (Wildman–Crippen MR) is 219 cm³/mol. The molecule has 2 aliphatic heterocycles. The molecule has 0 N–H and O–H groups in total. The van der Waals surface area contributed by atoms with Gasteiger partial charge in [-0.05, 0) is 86.9 Å². The van der Waals surface area contributed by atoms with Crippen LogP contribution in [0.25, 0.3) is 0 Å². The molecule has 0 fully saturated rings. The van der Waals surface area contributed by atoms with Crippen molar-refractivity contribution < 1.29 is 0 Å². The molecule has 5 aromatic carbocycles. The fourth-order valence-corrected chi connectivity index (χ4v) is 8.52. The Morgan fingerprint density at radius 2 is 0.824 bits per heavy atom. The molecule has 0 aliphatic carbocycles. The maximum atomic E-state index is 2.56. The predicted octanol–water partition coefficient (Wildman–Crippen LogP) is 13.8. The molecule has 262 valence electrons. The van der Waals surface area contributed by atoms with Crippen molar-refractivity contribution in [3.05, 3.63) is 161 Å². The molecule has 0 unspecified atom stereocenters. The summed E-state index contributed by atoms with van der Waals surface area (Å²) in [6.07, 6.45) is 4.63. The third-order valence-corrected chi connectivity index (χ3v) is 11.2. The maximum absolute atomic E-state index is 2.56. The molecule has 0 saturated heterocycles. The molecule has 0 saturated carbocycles. The number of para-hydroxylation sites is 4. The van der Waals surface area contributed by atoms with Crippen LogP contribution in [0.4, 0.5) is 28.4 Å². The fraction of sp³-hybridized carbons (Fsp3) is 0.333. The third-order valence-electron chi connectivity index (χ3n) is 11.2. The van der Waals surface area contributed by atoms with Gasteiger partial charge < -0.3 is 14.7 Å². The van der Waals surface area contributed by atoms with E-state index in [1.54, 1.807) is 0 Å². The molecular weight excluding hydrogens is 619 g/mol. The van der Waals surface area contributed by atoms with Gasteiger partial charge >= 0.3 is 0 Å². The Bertz CT molecular complexity index is 1890. The lowest BCUT2D eigenvalue weighted by Crippen LogP contribution is -2.33. The Labute approximate surface area is 307 Å². The van der Waals surface area contributed by atoms with Gasteiger partial charge in [-0.15, -0.1) is 0 Å². The van der Waals surface area contributed by atoms with E-state index in [9.17, 15) is 0 Å².